The zero-order valence-corrected chi connectivity index (χ0v) is 17.2. The molecule has 0 saturated carbocycles. The van der Waals surface area contributed by atoms with E-state index < -0.39 is 15.6 Å². The number of ether oxygens (including phenoxy) is 1. The molecule has 152 valence electrons. The van der Waals surface area contributed by atoms with E-state index in [1.54, 1.807) is 41.5 Å². The molecule has 3 rings (SSSR count). The third-order valence-electron chi connectivity index (χ3n) is 4.44. The Morgan fingerprint density at radius 1 is 1.14 bits per heavy atom. The van der Waals surface area contributed by atoms with Gasteiger partial charge in [0.2, 0.25) is 10.0 Å². The number of nitrogens with one attached hydrogen (secondary N) is 1. The summed E-state index contributed by atoms with van der Waals surface area (Å²) in [5, 5.41) is 0. The molecule has 1 aliphatic rings. The minimum Gasteiger partial charge on any atom is -0.464 e. The number of benzene rings is 1. The minimum absolute atomic E-state index is 0.206. The average Bonchev–Trinajstić information content (AvgIpc) is 3.15. The predicted molar refractivity (Wildman–Crippen MR) is 105 cm³/mol. The monoisotopic (exact) mass is 406 g/mol. The van der Waals surface area contributed by atoms with E-state index in [1.807, 2.05) is 26.8 Å². The average molecular weight is 407 g/mol. The van der Waals surface area contributed by atoms with Crippen molar-refractivity contribution in [2.75, 3.05) is 13.1 Å². The highest BCUT2D eigenvalue weighted by Gasteiger charge is 2.29. The molecule has 8 heteroatoms. The minimum atomic E-state index is -3.63. The Hall–Kier alpha value is -2.32. The number of piperidine rings is 1. The molecular weight excluding hydrogens is 380 g/mol. The van der Waals surface area contributed by atoms with Crippen molar-refractivity contribution in [2.45, 2.75) is 50.2 Å². The van der Waals surface area contributed by atoms with Crippen LogP contribution in [0, 0.1) is 0 Å². The SMILES string of the molecule is CC(C)(C)OC(=O)N1CCC(NS(=O)(=O)c2ccc(-c3ccco3)cc2)CC1. The number of nitrogens with zero attached hydrogens (tertiary/aromatic N) is 1. The van der Waals surface area contributed by atoms with Crippen LogP contribution in [0.3, 0.4) is 0 Å². The van der Waals surface area contributed by atoms with Crippen LogP contribution in [0.25, 0.3) is 11.3 Å². The van der Waals surface area contributed by atoms with Crippen LogP contribution < -0.4 is 4.72 Å². The normalized spacial score (nSPS) is 16.2. The standard InChI is InChI=1S/C20H26N2O5S/c1-20(2,3)27-19(23)22-12-10-16(11-13-22)21-28(24,25)17-8-6-15(7-9-17)18-5-4-14-26-18/h4-9,14,16,21H,10-13H2,1-3H3. The van der Waals surface area contributed by atoms with Gasteiger partial charge in [0.1, 0.15) is 11.4 Å². The van der Waals surface area contributed by atoms with Crippen LogP contribution in [-0.4, -0.2) is 44.1 Å². The number of rotatable bonds is 4. The molecule has 1 amide bonds. The first-order valence-electron chi connectivity index (χ1n) is 9.28. The number of amides is 1. The molecule has 0 aliphatic carbocycles. The van der Waals surface area contributed by atoms with Gasteiger partial charge in [-0.2, -0.15) is 0 Å². The number of likely N-dealkylation sites (tertiary alicyclic amines) is 1. The predicted octanol–water partition coefficient (Wildman–Crippen LogP) is 3.62. The second kappa shape index (κ2) is 7.97. The molecule has 0 atom stereocenters. The van der Waals surface area contributed by atoms with Crippen LogP contribution in [0.15, 0.2) is 52.0 Å². The third kappa shape index (κ3) is 5.14. The molecule has 1 aromatic carbocycles. The van der Waals surface area contributed by atoms with Crippen LogP contribution in [0.1, 0.15) is 33.6 Å². The van der Waals surface area contributed by atoms with Crippen molar-refractivity contribution in [3.8, 4) is 11.3 Å². The summed E-state index contributed by atoms with van der Waals surface area (Å²) in [7, 11) is -3.63. The first kappa shape index (κ1) is 20.4. The van der Waals surface area contributed by atoms with Crippen LogP contribution in [0.5, 0.6) is 0 Å². The summed E-state index contributed by atoms with van der Waals surface area (Å²) >= 11 is 0. The molecular formula is C20H26N2O5S. The molecule has 28 heavy (non-hydrogen) atoms. The lowest BCUT2D eigenvalue weighted by atomic mass is 10.1. The highest BCUT2D eigenvalue weighted by Crippen LogP contribution is 2.22. The summed E-state index contributed by atoms with van der Waals surface area (Å²) in [5.74, 6) is 0.687. The quantitative estimate of drug-likeness (QED) is 0.838. The fourth-order valence-corrected chi connectivity index (χ4v) is 4.34. The Bertz CT molecular complexity index is 891. The highest BCUT2D eigenvalue weighted by molar-refractivity contribution is 7.89. The molecule has 0 radical (unpaired) electrons. The first-order chi connectivity index (χ1) is 13.1. The molecule has 1 N–H and O–H groups in total. The summed E-state index contributed by atoms with van der Waals surface area (Å²) < 4.78 is 38.8. The van der Waals surface area contributed by atoms with Gasteiger partial charge in [-0.05, 0) is 70.0 Å². The second-order valence-corrected chi connectivity index (χ2v) is 9.58. The lowest BCUT2D eigenvalue weighted by Gasteiger charge is -2.33. The molecule has 0 unspecified atom stereocenters. The van der Waals surface area contributed by atoms with Gasteiger partial charge in [0, 0.05) is 24.7 Å². The smallest absolute Gasteiger partial charge is 0.410 e. The van der Waals surface area contributed by atoms with Crippen LogP contribution >= 0.6 is 0 Å². The number of sulfonamides is 1. The summed E-state index contributed by atoms with van der Waals surface area (Å²) in [6, 6.07) is 9.96. The van der Waals surface area contributed by atoms with Gasteiger partial charge in [-0.1, -0.05) is 0 Å². The Morgan fingerprint density at radius 2 is 1.79 bits per heavy atom. The van der Waals surface area contributed by atoms with E-state index >= 15 is 0 Å². The fourth-order valence-electron chi connectivity index (χ4n) is 3.04. The first-order valence-corrected chi connectivity index (χ1v) is 10.8. The highest BCUT2D eigenvalue weighted by atomic mass is 32.2. The van der Waals surface area contributed by atoms with Gasteiger partial charge in [-0.25, -0.2) is 17.9 Å². The third-order valence-corrected chi connectivity index (χ3v) is 5.98. The second-order valence-electron chi connectivity index (χ2n) is 7.86. The molecule has 2 aromatic rings. The van der Waals surface area contributed by atoms with Gasteiger partial charge in [0.15, 0.2) is 0 Å². The lowest BCUT2D eigenvalue weighted by Crippen LogP contribution is -2.47. The van der Waals surface area contributed by atoms with Crippen molar-refractivity contribution < 1.29 is 22.4 Å². The van der Waals surface area contributed by atoms with Gasteiger partial charge in [0.25, 0.3) is 0 Å². The summed E-state index contributed by atoms with van der Waals surface area (Å²) in [6.07, 6.45) is 2.30. The molecule has 0 bridgehead atoms. The molecule has 2 heterocycles. The largest absolute Gasteiger partial charge is 0.464 e. The van der Waals surface area contributed by atoms with Gasteiger partial charge in [0.05, 0.1) is 11.2 Å². The number of carbonyl (C=O) groups is 1. The Morgan fingerprint density at radius 3 is 2.32 bits per heavy atom. The number of carbonyl (C=O) groups excluding carboxylic acids is 1. The van der Waals surface area contributed by atoms with Gasteiger partial charge in [-0.15, -0.1) is 0 Å². The lowest BCUT2D eigenvalue weighted by molar-refractivity contribution is 0.0203. The fraction of sp³-hybridized carbons (Fsp3) is 0.450. The van der Waals surface area contributed by atoms with E-state index in [0.717, 1.165) is 5.56 Å². The molecule has 7 nitrogen and oxygen atoms in total. The van der Waals surface area contributed by atoms with Crippen LogP contribution in [0.2, 0.25) is 0 Å². The van der Waals surface area contributed by atoms with Gasteiger partial charge < -0.3 is 14.1 Å². The Balaban J connectivity index is 1.57. The Labute approximate surface area is 165 Å². The van der Waals surface area contributed by atoms with Gasteiger partial charge in [-0.3, -0.25) is 0 Å². The van der Waals surface area contributed by atoms with E-state index in [0.29, 0.717) is 31.7 Å². The van der Waals surface area contributed by atoms with Crippen molar-refractivity contribution >= 4 is 16.1 Å². The van der Waals surface area contributed by atoms with E-state index in [4.69, 9.17) is 9.15 Å². The van der Waals surface area contributed by atoms with Crippen LogP contribution in [0.4, 0.5) is 4.79 Å². The molecule has 1 saturated heterocycles. The van der Waals surface area contributed by atoms with E-state index in [2.05, 4.69) is 4.72 Å². The van der Waals surface area contributed by atoms with E-state index in [9.17, 15) is 13.2 Å². The molecule has 1 aliphatic heterocycles. The molecule has 1 aromatic heterocycles. The zero-order chi connectivity index (χ0) is 20.4. The van der Waals surface area contributed by atoms with E-state index in [-0.39, 0.29) is 17.0 Å². The number of hydrogen-bond acceptors (Lipinski definition) is 5. The van der Waals surface area contributed by atoms with Crippen molar-refractivity contribution in [1.29, 1.82) is 0 Å². The molecule has 0 spiro atoms. The maximum absolute atomic E-state index is 12.7. The number of hydrogen-bond donors (Lipinski definition) is 1. The van der Waals surface area contributed by atoms with Crippen LogP contribution in [-0.2, 0) is 14.8 Å². The van der Waals surface area contributed by atoms with Gasteiger partial charge >= 0.3 is 6.09 Å². The van der Waals surface area contributed by atoms with Crippen molar-refractivity contribution in [3.63, 3.8) is 0 Å². The maximum Gasteiger partial charge on any atom is 0.410 e. The summed E-state index contributed by atoms with van der Waals surface area (Å²) in [4.78, 5) is 13.9. The zero-order valence-electron chi connectivity index (χ0n) is 16.3. The number of furan rings is 1. The topological polar surface area (TPSA) is 88.9 Å². The summed E-state index contributed by atoms with van der Waals surface area (Å²) in [5.41, 5.74) is 0.270. The maximum atomic E-state index is 12.7. The van der Waals surface area contributed by atoms with Crippen molar-refractivity contribution in [1.82, 2.24) is 9.62 Å². The Kier molecular flexibility index (Phi) is 5.81. The van der Waals surface area contributed by atoms with E-state index in [1.165, 1.54) is 0 Å². The van der Waals surface area contributed by atoms with Crippen molar-refractivity contribution in [3.05, 3.63) is 42.7 Å². The van der Waals surface area contributed by atoms with Crippen molar-refractivity contribution in [2.24, 2.45) is 0 Å². The summed E-state index contributed by atoms with van der Waals surface area (Å²) in [6.45, 7) is 6.38. The molecule has 1 fully saturated rings.